The van der Waals surface area contributed by atoms with Crippen molar-refractivity contribution in [3.8, 4) is 0 Å². The van der Waals surface area contributed by atoms with Crippen molar-refractivity contribution in [3.05, 3.63) is 171 Å². The van der Waals surface area contributed by atoms with E-state index >= 15 is 0 Å². The molecule has 2 fully saturated rings. The molecule has 0 spiro atoms. The zero-order valence-electron chi connectivity index (χ0n) is 29.9. The van der Waals surface area contributed by atoms with E-state index in [0.717, 1.165) is 11.1 Å². The summed E-state index contributed by atoms with van der Waals surface area (Å²) in [7, 11) is 0. The Bertz CT molecular complexity index is 1190. The van der Waals surface area contributed by atoms with Gasteiger partial charge in [0.2, 0.25) is 0 Å². The number of carbonyl (C=O) groups excluding carboxylic acids is 2. The fourth-order valence-corrected chi connectivity index (χ4v) is 4.07. The third-order valence-electron chi connectivity index (χ3n) is 7.08. The number of halogens is 4. The summed E-state index contributed by atoms with van der Waals surface area (Å²) in [5, 5.41) is 0. The van der Waals surface area contributed by atoms with Gasteiger partial charge in [-0.3, -0.25) is 9.97 Å². The molecule has 2 aliphatic carbocycles. The predicted octanol–water partition coefficient (Wildman–Crippen LogP) is -3.51. The van der Waals surface area contributed by atoms with E-state index in [9.17, 15) is 9.59 Å². The van der Waals surface area contributed by atoms with E-state index in [2.05, 4.69) is 103 Å². The molecule has 0 bridgehead atoms. The van der Waals surface area contributed by atoms with Crippen molar-refractivity contribution in [3.63, 3.8) is 0 Å². The van der Waals surface area contributed by atoms with Gasteiger partial charge < -0.3 is 59.1 Å². The van der Waals surface area contributed by atoms with Crippen LogP contribution in [0.2, 0.25) is 0 Å². The molecule has 0 saturated heterocycles. The summed E-state index contributed by atoms with van der Waals surface area (Å²) in [4.78, 5) is 31.5. The monoisotopic (exact) mass is 960 g/mol. The summed E-state index contributed by atoms with van der Waals surface area (Å²) >= 11 is 0. The van der Waals surface area contributed by atoms with Crippen molar-refractivity contribution in [1.82, 2.24) is 9.97 Å². The van der Waals surface area contributed by atoms with Crippen LogP contribution in [0.25, 0.3) is 0 Å². The Balaban J connectivity index is -0.000000373. The van der Waals surface area contributed by atoms with E-state index in [1.54, 1.807) is 49.1 Å². The molecule has 1 aromatic carbocycles. The Morgan fingerprint density at radius 1 is 0.500 bits per heavy atom. The van der Waals surface area contributed by atoms with E-state index in [0.29, 0.717) is 23.0 Å². The number of carbonyl (C=O) groups is 2. The summed E-state index contributed by atoms with van der Waals surface area (Å²) in [5.41, 5.74) is 2.60. The number of pyridine rings is 2. The number of benzene rings is 1. The third-order valence-corrected chi connectivity index (χ3v) is 7.08. The van der Waals surface area contributed by atoms with Crippen LogP contribution in [-0.2, 0) is 61.6 Å². The summed E-state index contributed by atoms with van der Waals surface area (Å²) in [5.74, 6) is 6.02. The SMILES string of the molecule is C[C]1[CH][CH][C](C(C)C)[CH][CH]1.C[C]1[CH][CH][C](C(C)C)[CH][CH]1.O=C(OCc1ccc(COC(=O)c2ccncc2)cc1)c1ccncc1.[Cl-].[Cl-].[Cl-].[Cl-].[Ru+2].[Ru+2]. The van der Waals surface area contributed by atoms with Crippen LogP contribution in [-0.4, -0.2) is 21.9 Å². The Labute approximate surface area is 364 Å². The Hall–Kier alpha value is -1.13. The topological polar surface area (TPSA) is 78.4 Å². The maximum Gasteiger partial charge on any atom is 2.00 e. The van der Waals surface area contributed by atoms with E-state index in [4.69, 9.17) is 9.47 Å². The number of nitrogens with zero attached hydrogens (tertiary/aromatic N) is 2. The minimum atomic E-state index is -0.400. The average molecular weight is 961 g/mol. The quantitative estimate of drug-likeness (QED) is 0.173. The van der Waals surface area contributed by atoms with Crippen LogP contribution in [0.3, 0.4) is 0 Å². The van der Waals surface area contributed by atoms with Gasteiger partial charge in [-0.05, 0) is 122 Å². The molecule has 2 saturated carbocycles. The Morgan fingerprint density at radius 3 is 1.02 bits per heavy atom. The molecule has 0 atom stereocenters. The minimum Gasteiger partial charge on any atom is -1.00 e. The van der Waals surface area contributed by atoms with E-state index in [1.807, 2.05) is 24.3 Å². The van der Waals surface area contributed by atoms with Gasteiger partial charge in [-0.2, -0.15) is 0 Å². The van der Waals surface area contributed by atoms with E-state index in [-0.39, 0.29) is 102 Å². The molecule has 2 heterocycles. The largest absolute Gasteiger partial charge is 2.00 e. The molecule has 6 nitrogen and oxygen atoms in total. The van der Waals surface area contributed by atoms with E-state index < -0.39 is 11.9 Å². The summed E-state index contributed by atoms with van der Waals surface area (Å²) in [6.07, 6.45) is 23.6. The fourth-order valence-electron chi connectivity index (χ4n) is 4.07. The zero-order valence-corrected chi connectivity index (χ0v) is 36.4. The molecule has 2 aromatic heterocycles. The van der Waals surface area contributed by atoms with Gasteiger partial charge in [-0.15, -0.1) is 0 Å². The van der Waals surface area contributed by atoms with Gasteiger partial charge >= 0.3 is 50.9 Å². The van der Waals surface area contributed by atoms with Crippen LogP contribution in [0.5, 0.6) is 0 Å². The maximum atomic E-state index is 11.9. The van der Waals surface area contributed by atoms with Crippen molar-refractivity contribution >= 4 is 11.9 Å². The maximum absolute atomic E-state index is 11.9. The standard InChI is InChI=1S/C20H16N2O4.2C10H14.4ClH.2Ru/c23-19(17-5-9-21-10-6-17)25-13-15-1-2-16(4-3-15)14-26-20(24)18-7-11-22-12-8-18;2*1-8(2)10-6-4-9(3)5-7-10;;;;;;/h1-12H,13-14H2;2*4-8H,1-3H3;4*1H;;/q;;;;;;;2*+2/p-4. The van der Waals surface area contributed by atoms with Gasteiger partial charge in [0.1, 0.15) is 13.2 Å². The molecule has 0 unspecified atom stereocenters. The van der Waals surface area contributed by atoms with Gasteiger partial charge in [0.15, 0.2) is 0 Å². The van der Waals surface area contributed by atoms with Crippen LogP contribution < -0.4 is 49.6 Å². The second-order valence-electron chi connectivity index (χ2n) is 11.6. The normalized spacial score (nSPS) is 14.3. The van der Waals surface area contributed by atoms with Gasteiger partial charge in [-0.1, -0.05) is 65.8 Å². The van der Waals surface area contributed by atoms with Crippen LogP contribution in [0, 0.1) is 86.9 Å². The average Bonchev–Trinajstić information content (AvgIpc) is 3.08. The molecule has 0 aliphatic heterocycles. The van der Waals surface area contributed by atoms with Gasteiger partial charge in [0.05, 0.1) is 11.1 Å². The van der Waals surface area contributed by atoms with Crippen LogP contribution >= 0.6 is 0 Å². The molecular formula is C40H44Cl4N2O4Ru2. The summed E-state index contributed by atoms with van der Waals surface area (Å²) < 4.78 is 10.5. The second kappa shape index (κ2) is 32.1. The number of hydrogen-bond donors (Lipinski definition) is 0. The van der Waals surface area contributed by atoms with Crippen molar-refractivity contribution < 1.29 is 108 Å². The molecule has 0 N–H and O–H groups in total. The first-order valence-corrected chi connectivity index (χ1v) is 15.5. The predicted molar refractivity (Wildman–Crippen MR) is 182 cm³/mol. The number of rotatable bonds is 8. The van der Waals surface area contributed by atoms with Crippen molar-refractivity contribution in [2.45, 2.75) is 54.8 Å². The first-order valence-electron chi connectivity index (χ1n) is 15.5. The minimum absolute atomic E-state index is 0. The van der Waals surface area contributed by atoms with E-state index in [1.165, 1.54) is 23.7 Å². The first-order chi connectivity index (χ1) is 22.1. The van der Waals surface area contributed by atoms with Crippen molar-refractivity contribution in [1.29, 1.82) is 0 Å². The van der Waals surface area contributed by atoms with Crippen molar-refractivity contribution in [2.24, 2.45) is 11.8 Å². The molecule has 0 amide bonds. The second-order valence-corrected chi connectivity index (χ2v) is 11.6. The molecule has 12 radical (unpaired) electrons. The Kier molecular flexibility index (Phi) is 35.6. The number of aromatic nitrogens is 2. The number of esters is 2. The van der Waals surface area contributed by atoms with Gasteiger partial charge in [-0.25, -0.2) is 9.59 Å². The molecule has 3 aromatic rings. The zero-order chi connectivity index (χ0) is 33.3. The molecule has 52 heavy (non-hydrogen) atoms. The number of ether oxygens (including phenoxy) is 2. The van der Waals surface area contributed by atoms with Crippen LogP contribution in [0.4, 0.5) is 0 Å². The summed E-state index contributed by atoms with van der Waals surface area (Å²) in [6.45, 7) is 13.4. The molecule has 12 heteroatoms. The van der Waals surface area contributed by atoms with Crippen LogP contribution in [0.1, 0.15) is 73.4 Å². The van der Waals surface area contributed by atoms with Gasteiger partial charge in [0.25, 0.3) is 0 Å². The first kappa shape index (κ1) is 57.6. The molecule has 2 aliphatic rings. The van der Waals surface area contributed by atoms with Crippen molar-refractivity contribution in [2.75, 3.05) is 0 Å². The van der Waals surface area contributed by atoms with Gasteiger partial charge in [0, 0.05) is 24.8 Å². The fraction of sp³-hybridized carbons (Fsp3) is 0.250. The third kappa shape index (κ3) is 22.3. The molecule has 282 valence electrons. The summed E-state index contributed by atoms with van der Waals surface area (Å²) in [6, 6.07) is 13.7. The molecular weight excluding hydrogens is 916 g/mol. The Morgan fingerprint density at radius 2 is 0.769 bits per heavy atom. The number of hydrogen-bond acceptors (Lipinski definition) is 6. The van der Waals surface area contributed by atoms with Crippen LogP contribution in [0.15, 0.2) is 73.3 Å². The molecule has 5 rings (SSSR count). The smallest absolute Gasteiger partial charge is 1.00 e.